The maximum absolute atomic E-state index is 6.35. The average molecular weight is 405 g/mol. The van der Waals surface area contributed by atoms with E-state index in [0.29, 0.717) is 11.7 Å². The lowest BCUT2D eigenvalue weighted by Crippen LogP contribution is -2.09. The summed E-state index contributed by atoms with van der Waals surface area (Å²) in [7, 11) is 0. The van der Waals surface area contributed by atoms with Gasteiger partial charge in [-0.2, -0.15) is 0 Å². The highest BCUT2D eigenvalue weighted by atomic mass is 32.1. The molecule has 29 heavy (non-hydrogen) atoms. The van der Waals surface area contributed by atoms with Crippen LogP contribution in [0, 0.1) is 12.8 Å². The molecule has 0 atom stereocenters. The van der Waals surface area contributed by atoms with Gasteiger partial charge in [0.15, 0.2) is 5.82 Å². The number of nitrogen functional groups attached to an aromatic ring is 1. The summed E-state index contributed by atoms with van der Waals surface area (Å²) in [5.74, 6) is 2.15. The quantitative estimate of drug-likeness (QED) is 0.409. The van der Waals surface area contributed by atoms with E-state index in [2.05, 4.69) is 79.7 Å². The van der Waals surface area contributed by atoms with Crippen LogP contribution in [-0.2, 0) is 13.0 Å². The van der Waals surface area contributed by atoms with Crippen molar-refractivity contribution >= 4 is 51.2 Å². The highest BCUT2D eigenvalue weighted by Gasteiger charge is 2.17. The van der Waals surface area contributed by atoms with Crippen LogP contribution in [0.3, 0.4) is 0 Å². The monoisotopic (exact) mass is 404 g/mol. The zero-order chi connectivity index (χ0) is 20.5. The SMILES string of the molecule is CCCc1nc2c(N)nc3cc(/C=C/c4ccc(C)s4)ccc3c2n1CC(C)C. The fourth-order valence-electron chi connectivity index (χ4n) is 3.78. The van der Waals surface area contributed by atoms with E-state index >= 15 is 0 Å². The molecule has 4 aromatic rings. The Balaban J connectivity index is 1.85. The number of hydrogen-bond acceptors (Lipinski definition) is 4. The first kappa shape index (κ1) is 19.6. The van der Waals surface area contributed by atoms with Crippen LogP contribution in [0.25, 0.3) is 34.1 Å². The van der Waals surface area contributed by atoms with E-state index in [4.69, 9.17) is 10.7 Å². The van der Waals surface area contributed by atoms with E-state index in [1.165, 1.54) is 9.75 Å². The number of aromatic nitrogens is 3. The van der Waals surface area contributed by atoms with E-state index < -0.39 is 0 Å². The fraction of sp³-hybridized carbons (Fsp3) is 0.333. The molecule has 0 unspecified atom stereocenters. The molecule has 0 radical (unpaired) electrons. The lowest BCUT2D eigenvalue weighted by atomic mass is 10.1. The molecule has 0 aliphatic heterocycles. The third-order valence-electron chi connectivity index (χ3n) is 5.03. The largest absolute Gasteiger partial charge is 0.382 e. The van der Waals surface area contributed by atoms with Crippen molar-refractivity contribution in [3.8, 4) is 0 Å². The third-order valence-corrected chi connectivity index (χ3v) is 6.00. The Morgan fingerprint density at radius 2 is 1.97 bits per heavy atom. The van der Waals surface area contributed by atoms with Gasteiger partial charge in [-0.25, -0.2) is 9.97 Å². The number of imidazole rings is 1. The van der Waals surface area contributed by atoms with Crippen molar-refractivity contribution in [3.63, 3.8) is 0 Å². The average Bonchev–Trinajstić information content (AvgIpc) is 3.24. The molecular weight excluding hydrogens is 376 g/mol. The van der Waals surface area contributed by atoms with Crippen molar-refractivity contribution in [3.05, 3.63) is 51.5 Å². The number of benzene rings is 1. The van der Waals surface area contributed by atoms with Gasteiger partial charge in [0.05, 0.1) is 11.0 Å². The molecule has 0 saturated heterocycles. The lowest BCUT2D eigenvalue weighted by molar-refractivity contribution is 0.516. The second-order valence-electron chi connectivity index (χ2n) is 8.04. The summed E-state index contributed by atoms with van der Waals surface area (Å²) in [6, 6.07) is 10.7. The smallest absolute Gasteiger partial charge is 0.152 e. The third kappa shape index (κ3) is 3.92. The van der Waals surface area contributed by atoms with Crippen LogP contribution in [0.5, 0.6) is 0 Å². The molecule has 0 spiro atoms. The Hall–Kier alpha value is -2.66. The van der Waals surface area contributed by atoms with Gasteiger partial charge in [0.1, 0.15) is 11.3 Å². The number of rotatable bonds is 6. The van der Waals surface area contributed by atoms with Crippen LogP contribution >= 0.6 is 11.3 Å². The molecule has 150 valence electrons. The standard InChI is InChI=1S/C24H28N4S/c1-5-6-21-27-22-23(28(21)14-15(2)3)19-12-9-17(13-20(19)26-24(22)25)8-11-18-10-7-16(4)29-18/h7-13,15H,5-6,14H2,1-4H3,(H2,25,26)/b11-8+. The fourth-order valence-corrected chi connectivity index (χ4v) is 4.56. The summed E-state index contributed by atoms with van der Waals surface area (Å²) in [4.78, 5) is 12.1. The Labute approximate surface area is 176 Å². The van der Waals surface area contributed by atoms with Gasteiger partial charge in [0.2, 0.25) is 0 Å². The molecule has 4 nitrogen and oxygen atoms in total. The minimum absolute atomic E-state index is 0.516. The second kappa shape index (κ2) is 7.99. The van der Waals surface area contributed by atoms with E-state index in [-0.39, 0.29) is 0 Å². The molecule has 0 fully saturated rings. The van der Waals surface area contributed by atoms with Crippen molar-refractivity contribution < 1.29 is 0 Å². The van der Waals surface area contributed by atoms with Crippen molar-refractivity contribution in [2.24, 2.45) is 5.92 Å². The molecule has 0 aliphatic rings. The van der Waals surface area contributed by atoms with Crippen LogP contribution in [0.2, 0.25) is 0 Å². The van der Waals surface area contributed by atoms with Gasteiger partial charge in [-0.15, -0.1) is 11.3 Å². The van der Waals surface area contributed by atoms with Gasteiger partial charge in [0.25, 0.3) is 0 Å². The van der Waals surface area contributed by atoms with Crippen LogP contribution in [-0.4, -0.2) is 14.5 Å². The van der Waals surface area contributed by atoms with Crippen LogP contribution in [0.15, 0.2) is 30.3 Å². The first-order valence-corrected chi connectivity index (χ1v) is 11.1. The Bertz CT molecular complexity index is 1200. The van der Waals surface area contributed by atoms with Crippen molar-refractivity contribution in [2.45, 2.75) is 47.1 Å². The topological polar surface area (TPSA) is 56.7 Å². The van der Waals surface area contributed by atoms with Gasteiger partial charge in [-0.3, -0.25) is 0 Å². The van der Waals surface area contributed by atoms with E-state index in [1.54, 1.807) is 11.3 Å². The predicted molar refractivity (Wildman–Crippen MR) is 126 cm³/mol. The molecule has 3 aromatic heterocycles. The Morgan fingerprint density at radius 3 is 2.66 bits per heavy atom. The van der Waals surface area contributed by atoms with Gasteiger partial charge >= 0.3 is 0 Å². The predicted octanol–water partition coefficient (Wildman–Crippen LogP) is 6.32. The van der Waals surface area contributed by atoms with Gasteiger partial charge in [-0.05, 0) is 49.1 Å². The minimum Gasteiger partial charge on any atom is -0.382 e. The summed E-state index contributed by atoms with van der Waals surface area (Å²) in [6.45, 7) is 9.73. The maximum Gasteiger partial charge on any atom is 0.152 e. The molecule has 3 heterocycles. The van der Waals surface area contributed by atoms with Crippen molar-refractivity contribution in [2.75, 3.05) is 5.73 Å². The summed E-state index contributed by atoms with van der Waals surface area (Å²) >= 11 is 1.80. The normalized spacial score (nSPS) is 12.2. The number of nitrogens with zero attached hydrogens (tertiary/aromatic N) is 3. The van der Waals surface area contributed by atoms with Crippen molar-refractivity contribution in [1.82, 2.24) is 14.5 Å². The molecule has 0 aliphatic carbocycles. The number of pyridine rings is 1. The second-order valence-corrected chi connectivity index (χ2v) is 9.35. The number of thiophene rings is 1. The minimum atomic E-state index is 0.516. The number of hydrogen-bond donors (Lipinski definition) is 1. The van der Waals surface area contributed by atoms with Gasteiger partial charge in [-0.1, -0.05) is 39.0 Å². The first-order chi connectivity index (χ1) is 14.0. The summed E-state index contributed by atoms with van der Waals surface area (Å²) in [6.07, 6.45) is 6.30. The van der Waals surface area contributed by atoms with Crippen LogP contribution in [0.1, 0.15) is 48.3 Å². The Morgan fingerprint density at radius 1 is 1.14 bits per heavy atom. The van der Waals surface area contributed by atoms with E-state index in [0.717, 1.165) is 52.7 Å². The molecule has 0 amide bonds. The van der Waals surface area contributed by atoms with Crippen molar-refractivity contribution in [1.29, 1.82) is 0 Å². The van der Waals surface area contributed by atoms with E-state index in [1.807, 2.05) is 0 Å². The Kier molecular flexibility index (Phi) is 5.41. The molecule has 1 aromatic carbocycles. The molecule has 0 saturated carbocycles. The number of aryl methyl sites for hydroxylation is 2. The van der Waals surface area contributed by atoms with Crippen LogP contribution in [0.4, 0.5) is 5.82 Å². The van der Waals surface area contributed by atoms with Gasteiger partial charge in [0, 0.05) is 28.1 Å². The molecule has 2 N–H and O–H groups in total. The summed E-state index contributed by atoms with van der Waals surface area (Å²) in [5.41, 5.74) is 10.3. The van der Waals surface area contributed by atoms with Gasteiger partial charge < -0.3 is 10.3 Å². The van der Waals surface area contributed by atoms with Crippen LogP contribution < -0.4 is 5.73 Å². The highest BCUT2D eigenvalue weighted by Crippen LogP contribution is 2.31. The summed E-state index contributed by atoms with van der Waals surface area (Å²) < 4.78 is 2.35. The number of nitrogens with two attached hydrogens (primary N) is 1. The highest BCUT2D eigenvalue weighted by molar-refractivity contribution is 7.12. The van der Waals surface area contributed by atoms with E-state index in [9.17, 15) is 0 Å². The number of fused-ring (bicyclic) bond motifs is 3. The summed E-state index contributed by atoms with van der Waals surface area (Å²) in [5, 5.41) is 1.12. The molecule has 4 rings (SSSR count). The number of anilines is 1. The molecule has 0 bridgehead atoms. The lowest BCUT2D eigenvalue weighted by Gasteiger charge is -2.13. The molecular formula is C24H28N4S. The molecule has 5 heteroatoms. The zero-order valence-electron chi connectivity index (χ0n) is 17.6. The zero-order valence-corrected chi connectivity index (χ0v) is 18.4. The maximum atomic E-state index is 6.35. The first-order valence-electron chi connectivity index (χ1n) is 10.3.